The number of hydrogen-bond donors (Lipinski definition) is 1. The summed E-state index contributed by atoms with van der Waals surface area (Å²) in [6.07, 6.45) is 3.93. The maximum Gasteiger partial charge on any atom is 0.124 e. The minimum Gasteiger partial charge on any atom is -0.496 e. The van der Waals surface area contributed by atoms with E-state index < -0.39 is 0 Å². The fraction of sp³-hybridized carbons (Fsp3) is 0.471. The molecular weight excluding hydrogens is 278 g/mol. The zero-order chi connectivity index (χ0) is 16.1. The van der Waals surface area contributed by atoms with E-state index in [1.54, 1.807) is 14.2 Å². The largest absolute Gasteiger partial charge is 0.496 e. The molecule has 0 saturated carbocycles. The molecule has 0 fully saturated rings. The highest BCUT2D eigenvalue weighted by molar-refractivity contribution is 5.38. The molecule has 2 aromatic rings. The molecule has 0 bridgehead atoms. The molecule has 1 N–H and O–H groups in total. The van der Waals surface area contributed by atoms with Crippen LogP contribution in [-0.4, -0.2) is 24.0 Å². The van der Waals surface area contributed by atoms with Gasteiger partial charge in [-0.05, 0) is 31.5 Å². The average Bonchev–Trinajstić information content (AvgIpc) is 2.94. The van der Waals surface area contributed by atoms with Crippen molar-refractivity contribution in [3.63, 3.8) is 0 Å². The van der Waals surface area contributed by atoms with Crippen molar-refractivity contribution < 1.29 is 9.47 Å². The predicted octanol–water partition coefficient (Wildman–Crippen LogP) is 2.99. The third kappa shape index (κ3) is 3.87. The molecule has 2 rings (SSSR count). The Hall–Kier alpha value is -1.85. The summed E-state index contributed by atoms with van der Waals surface area (Å²) in [7, 11) is 5.30. The van der Waals surface area contributed by atoms with Crippen LogP contribution < -0.4 is 10.1 Å². The number of nitrogens with zero attached hydrogens (tertiary/aromatic N) is 2. The van der Waals surface area contributed by atoms with E-state index in [-0.39, 0.29) is 12.1 Å². The zero-order valence-corrected chi connectivity index (χ0v) is 14.0. The molecule has 1 aromatic carbocycles. The van der Waals surface area contributed by atoms with E-state index in [0.29, 0.717) is 6.61 Å². The van der Waals surface area contributed by atoms with Crippen LogP contribution >= 0.6 is 0 Å². The fourth-order valence-corrected chi connectivity index (χ4v) is 2.57. The molecule has 0 amide bonds. The van der Waals surface area contributed by atoms with Crippen molar-refractivity contribution in [1.82, 2.24) is 15.1 Å². The minimum absolute atomic E-state index is 0.219. The van der Waals surface area contributed by atoms with Crippen molar-refractivity contribution in [2.24, 2.45) is 7.05 Å². The predicted molar refractivity (Wildman–Crippen MR) is 86.9 cm³/mol. The van der Waals surface area contributed by atoms with Gasteiger partial charge in [-0.3, -0.25) is 4.68 Å². The maximum atomic E-state index is 5.37. The highest BCUT2D eigenvalue weighted by Crippen LogP contribution is 2.25. The van der Waals surface area contributed by atoms with Crippen molar-refractivity contribution in [3.05, 3.63) is 47.3 Å². The average molecular weight is 303 g/mol. The smallest absolute Gasteiger partial charge is 0.124 e. The first-order valence-corrected chi connectivity index (χ1v) is 7.45. The molecule has 1 heterocycles. The second-order valence-electron chi connectivity index (χ2n) is 5.56. The number of aromatic nitrogens is 2. The summed E-state index contributed by atoms with van der Waals surface area (Å²) in [5.74, 6) is 0.859. The van der Waals surface area contributed by atoms with E-state index in [1.807, 2.05) is 30.2 Å². The van der Waals surface area contributed by atoms with Crippen LogP contribution in [0.1, 0.15) is 42.6 Å². The lowest BCUT2D eigenvalue weighted by Gasteiger charge is -2.21. The van der Waals surface area contributed by atoms with Gasteiger partial charge in [-0.1, -0.05) is 6.07 Å². The van der Waals surface area contributed by atoms with Crippen molar-refractivity contribution in [2.45, 2.75) is 32.5 Å². The molecule has 0 aliphatic carbocycles. The topological polar surface area (TPSA) is 48.3 Å². The van der Waals surface area contributed by atoms with Gasteiger partial charge in [0.25, 0.3) is 0 Å². The molecule has 0 aliphatic rings. The molecular formula is C17H25N3O2. The number of nitrogens with one attached hydrogen (secondary N) is 1. The van der Waals surface area contributed by atoms with E-state index in [0.717, 1.165) is 11.3 Å². The van der Waals surface area contributed by atoms with E-state index in [2.05, 4.69) is 36.4 Å². The number of benzene rings is 1. The lowest BCUT2D eigenvalue weighted by molar-refractivity contribution is 0.181. The summed E-state index contributed by atoms with van der Waals surface area (Å²) >= 11 is 0. The van der Waals surface area contributed by atoms with Crippen LogP contribution in [0.2, 0.25) is 0 Å². The monoisotopic (exact) mass is 303 g/mol. The van der Waals surface area contributed by atoms with E-state index >= 15 is 0 Å². The second kappa shape index (κ2) is 7.42. The van der Waals surface area contributed by atoms with Crippen molar-refractivity contribution in [1.29, 1.82) is 0 Å². The van der Waals surface area contributed by atoms with Gasteiger partial charge >= 0.3 is 0 Å². The first-order chi connectivity index (χ1) is 10.5. The number of aryl methyl sites for hydroxylation is 1. The van der Waals surface area contributed by atoms with E-state index in [9.17, 15) is 0 Å². The molecule has 0 unspecified atom stereocenters. The first-order valence-electron chi connectivity index (χ1n) is 7.45. The van der Waals surface area contributed by atoms with Crippen molar-refractivity contribution in [2.75, 3.05) is 14.2 Å². The molecule has 0 aliphatic heterocycles. The molecule has 0 radical (unpaired) electrons. The van der Waals surface area contributed by atoms with Gasteiger partial charge in [0.15, 0.2) is 0 Å². The van der Waals surface area contributed by atoms with E-state index in [1.165, 1.54) is 11.1 Å². The summed E-state index contributed by atoms with van der Waals surface area (Å²) < 4.78 is 12.4. The van der Waals surface area contributed by atoms with Gasteiger partial charge in [-0.25, -0.2) is 0 Å². The van der Waals surface area contributed by atoms with E-state index in [4.69, 9.17) is 9.47 Å². The van der Waals surface area contributed by atoms with Crippen molar-refractivity contribution in [3.8, 4) is 5.75 Å². The van der Waals surface area contributed by atoms with Gasteiger partial charge in [0, 0.05) is 43.6 Å². The summed E-state index contributed by atoms with van der Waals surface area (Å²) in [5.41, 5.74) is 3.45. The Morgan fingerprint density at radius 1 is 1.18 bits per heavy atom. The number of hydrogen-bond acceptors (Lipinski definition) is 4. The molecule has 5 heteroatoms. The molecule has 1 aromatic heterocycles. The Kier molecular flexibility index (Phi) is 5.57. The molecule has 5 nitrogen and oxygen atoms in total. The maximum absolute atomic E-state index is 5.37. The summed E-state index contributed by atoms with van der Waals surface area (Å²) in [5, 5.41) is 7.82. The van der Waals surface area contributed by atoms with Crippen LogP contribution in [0.4, 0.5) is 0 Å². The van der Waals surface area contributed by atoms with Crippen LogP contribution in [0.15, 0.2) is 30.6 Å². The van der Waals surface area contributed by atoms with Gasteiger partial charge < -0.3 is 14.8 Å². The van der Waals surface area contributed by atoms with Crippen LogP contribution in [0, 0.1) is 0 Å². The van der Waals surface area contributed by atoms with Gasteiger partial charge in [0.05, 0.1) is 19.9 Å². The molecule has 0 saturated heterocycles. The highest BCUT2D eigenvalue weighted by atomic mass is 16.5. The SMILES string of the molecule is COCc1cc([C@H](C)N[C@@H](C)c2cnn(C)c2)ccc1OC. The lowest BCUT2D eigenvalue weighted by Crippen LogP contribution is -2.22. The standard InChI is InChI=1S/C17H25N3O2/c1-12(19-13(2)16-9-18-20(3)10-16)14-6-7-17(22-5)15(8-14)11-21-4/h6-10,12-13,19H,11H2,1-5H3/t12-,13-/m0/s1. The van der Waals surface area contributed by atoms with Gasteiger partial charge in [0.2, 0.25) is 0 Å². The summed E-state index contributed by atoms with van der Waals surface area (Å²) in [6, 6.07) is 6.67. The van der Waals surface area contributed by atoms with Crippen molar-refractivity contribution >= 4 is 0 Å². The van der Waals surface area contributed by atoms with Crippen LogP contribution in [-0.2, 0) is 18.4 Å². The number of ether oxygens (including phenoxy) is 2. The molecule has 2 atom stereocenters. The Morgan fingerprint density at radius 2 is 1.91 bits per heavy atom. The third-order valence-corrected chi connectivity index (χ3v) is 3.83. The lowest BCUT2D eigenvalue weighted by atomic mass is 10.0. The molecule has 0 spiro atoms. The van der Waals surface area contributed by atoms with Crippen LogP contribution in [0.3, 0.4) is 0 Å². The van der Waals surface area contributed by atoms with Crippen LogP contribution in [0.5, 0.6) is 5.75 Å². The normalized spacial score (nSPS) is 13.9. The summed E-state index contributed by atoms with van der Waals surface area (Å²) in [4.78, 5) is 0. The van der Waals surface area contributed by atoms with Gasteiger partial charge in [-0.2, -0.15) is 5.10 Å². The Bertz CT molecular complexity index is 610. The Labute approximate surface area is 132 Å². The Morgan fingerprint density at radius 3 is 2.50 bits per heavy atom. The second-order valence-corrected chi connectivity index (χ2v) is 5.56. The fourth-order valence-electron chi connectivity index (χ4n) is 2.57. The zero-order valence-electron chi connectivity index (χ0n) is 14.0. The third-order valence-electron chi connectivity index (χ3n) is 3.83. The number of rotatable bonds is 7. The molecule has 120 valence electrons. The summed E-state index contributed by atoms with van der Waals surface area (Å²) in [6.45, 7) is 4.85. The first kappa shape index (κ1) is 16.5. The Balaban J connectivity index is 2.11. The molecule has 22 heavy (non-hydrogen) atoms. The highest BCUT2D eigenvalue weighted by Gasteiger charge is 2.14. The van der Waals surface area contributed by atoms with Gasteiger partial charge in [-0.15, -0.1) is 0 Å². The van der Waals surface area contributed by atoms with Crippen LogP contribution in [0.25, 0.3) is 0 Å². The minimum atomic E-state index is 0.219. The quantitative estimate of drug-likeness (QED) is 0.854. The van der Waals surface area contributed by atoms with Gasteiger partial charge in [0.1, 0.15) is 5.75 Å². The number of methoxy groups -OCH3 is 2.